The fourth-order valence-corrected chi connectivity index (χ4v) is 2.17. The molecule has 0 unspecified atom stereocenters. The summed E-state index contributed by atoms with van der Waals surface area (Å²) in [6.45, 7) is 1.13. The van der Waals surface area contributed by atoms with Crippen molar-refractivity contribution >= 4 is 11.6 Å². The highest BCUT2D eigenvalue weighted by molar-refractivity contribution is 6.30. The third-order valence-corrected chi connectivity index (χ3v) is 3.36. The molecule has 1 fully saturated rings. The van der Waals surface area contributed by atoms with E-state index in [4.69, 9.17) is 16.3 Å². The van der Waals surface area contributed by atoms with E-state index in [1.807, 2.05) is 18.2 Å². The predicted octanol–water partition coefficient (Wildman–Crippen LogP) is 3.42. The number of benzene rings is 1. The summed E-state index contributed by atoms with van der Waals surface area (Å²) in [6.07, 6.45) is 6.16. The molecule has 1 aliphatic carbocycles. The summed E-state index contributed by atoms with van der Waals surface area (Å²) >= 11 is 6.00. The van der Waals surface area contributed by atoms with Gasteiger partial charge in [-0.3, -0.25) is 0 Å². The maximum atomic E-state index is 6.00. The second-order valence-electron chi connectivity index (χ2n) is 4.64. The van der Waals surface area contributed by atoms with Gasteiger partial charge < -0.3 is 10.1 Å². The number of methoxy groups -OCH3 is 1. The molecule has 0 aliphatic heterocycles. The minimum Gasteiger partial charge on any atom is -0.496 e. The molecule has 1 aliphatic rings. The lowest BCUT2D eigenvalue weighted by Crippen LogP contribution is -2.17. The van der Waals surface area contributed by atoms with Crippen molar-refractivity contribution in [3.05, 3.63) is 28.8 Å². The van der Waals surface area contributed by atoms with Crippen LogP contribution in [0.25, 0.3) is 0 Å². The molecule has 2 rings (SSSR count). The van der Waals surface area contributed by atoms with Gasteiger partial charge in [-0.25, -0.2) is 0 Å². The Morgan fingerprint density at radius 3 is 2.88 bits per heavy atom. The van der Waals surface area contributed by atoms with Gasteiger partial charge in [-0.05, 0) is 62.4 Å². The van der Waals surface area contributed by atoms with Crippen LogP contribution < -0.4 is 10.1 Å². The first-order chi connectivity index (χ1) is 8.29. The highest BCUT2D eigenvalue weighted by Crippen LogP contribution is 2.24. The van der Waals surface area contributed by atoms with E-state index in [1.54, 1.807) is 7.11 Å². The van der Waals surface area contributed by atoms with E-state index >= 15 is 0 Å². The maximum Gasteiger partial charge on any atom is 0.122 e. The molecule has 0 saturated heterocycles. The Hall–Kier alpha value is -0.730. The van der Waals surface area contributed by atoms with Crippen molar-refractivity contribution in [2.45, 2.75) is 38.1 Å². The summed E-state index contributed by atoms with van der Waals surface area (Å²) in [4.78, 5) is 0. The zero-order valence-electron chi connectivity index (χ0n) is 10.3. The predicted molar refractivity (Wildman–Crippen MR) is 72.0 cm³/mol. The molecule has 0 spiro atoms. The SMILES string of the molecule is COc1ccc(Cl)cc1CCCCNC1CC1. The molecule has 2 nitrogen and oxygen atoms in total. The lowest BCUT2D eigenvalue weighted by atomic mass is 10.1. The van der Waals surface area contributed by atoms with Gasteiger partial charge in [-0.1, -0.05) is 11.6 Å². The zero-order chi connectivity index (χ0) is 12.1. The Bertz CT molecular complexity index is 363. The minimum atomic E-state index is 0.789. The molecule has 94 valence electrons. The van der Waals surface area contributed by atoms with Gasteiger partial charge in [0.2, 0.25) is 0 Å². The quantitative estimate of drug-likeness (QED) is 0.752. The van der Waals surface area contributed by atoms with Crippen LogP contribution in [0.3, 0.4) is 0 Å². The summed E-state index contributed by atoms with van der Waals surface area (Å²) < 4.78 is 5.33. The second kappa shape index (κ2) is 6.27. The van der Waals surface area contributed by atoms with Gasteiger partial charge in [-0.15, -0.1) is 0 Å². The topological polar surface area (TPSA) is 21.3 Å². The summed E-state index contributed by atoms with van der Waals surface area (Å²) in [5.41, 5.74) is 1.21. The van der Waals surface area contributed by atoms with Gasteiger partial charge in [0.25, 0.3) is 0 Å². The first-order valence-corrected chi connectivity index (χ1v) is 6.73. The van der Waals surface area contributed by atoms with E-state index in [0.717, 1.165) is 29.8 Å². The largest absolute Gasteiger partial charge is 0.496 e. The zero-order valence-corrected chi connectivity index (χ0v) is 11.1. The van der Waals surface area contributed by atoms with Crippen molar-refractivity contribution in [1.29, 1.82) is 0 Å². The highest BCUT2D eigenvalue weighted by atomic mass is 35.5. The van der Waals surface area contributed by atoms with Gasteiger partial charge in [0, 0.05) is 11.1 Å². The lowest BCUT2D eigenvalue weighted by Gasteiger charge is -2.09. The van der Waals surface area contributed by atoms with Gasteiger partial charge in [0.05, 0.1) is 7.11 Å². The van der Waals surface area contributed by atoms with Gasteiger partial charge in [-0.2, -0.15) is 0 Å². The maximum absolute atomic E-state index is 6.00. The number of ether oxygens (including phenoxy) is 1. The third kappa shape index (κ3) is 4.21. The Morgan fingerprint density at radius 2 is 2.18 bits per heavy atom. The fourth-order valence-electron chi connectivity index (χ4n) is 1.98. The number of unbranched alkanes of at least 4 members (excludes halogenated alkanes) is 1. The Balaban J connectivity index is 1.74. The van der Waals surface area contributed by atoms with Crippen LogP contribution in [0.1, 0.15) is 31.2 Å². The van der Waals surface area contributed by atoms with E-state index in [2.05, 4.69) is 5.32 Å². The van der Waals surface area contributed by atoms with Gasteiger partial charge in [0.1, 0.15) is 5.75 Å². The van der Waals surface area contributed by atoms with Crippen molar-refractivity contribution in [3.8, 4) is 5.75 Å². The van der Waals surface area contributed by atoms with E-state index in [9.17, 15) is 0 Å². The standard InChI is InChI=1S/C14H20ClNO/c1-17-14-8-5-12(15)10-11(14)4-2-3-9-16-13-6-7-13/h5,8,10,13,16H,2-4,6-7,9H2,1H3. The van der Waals surface area contributed by atoms with Crippen LogP contribution in [0.15, 0.2) is 18.2 Å². The molecule has 0 radical (unpaired) electrons. The van der Waals surface area contributed by atoms with Crippen molar-refractivity contribution in [1.82, 2.24) is 5.32 Å². The first-order valence-electron chi connectivity index (χ1n) is 6.35. The summed E-state index contributed by atoms with van der Waals surface area (Å²) in [6, 6.07) is 6.64. The number of halogens is 1. The number of hydrogen-bond acceptors (Lipinski definition) is 2. The van der Waals surface area contributed by atoms with E-state index in [0.29, 0.717) is 0 Å². The molecule has 0 heterocycles. The Kier molecular flexibility index (Phi) is 4.69. The molecule has 0 amide bonds. The van der Waals surface area contributed by atoms with E-state index < -0.39 is 0 Å². The summed E-state index contributed by atoms with van der Waals surface area (Å²) in [7, 11) is 1.71. The molecule has 0 atom stereocenters. The van der Waals surface area contributed by atoms with Crippen LogP contribution >= 0.6 is 11.6 Å². The summed E-state index contributed by atoms with van der Waals surface area (Å²) in [5, 5.41) is 4.31. The van der Waals surface area contributed by atoms with Crippen LogP contribution in [-0.4, -0.2) is 19.7 Å². The molecular formula is C14H20ClNO. The highest BCUT2D eigenvalue weighted by Gasteiger charge is 2.19. The molecule has 3 heteroatoms. The van der Waals surface area contributed by atoms with Crippen LogP contribution in [0.5, 0.6) is 5.75 Å². The van der Waals surface area contributed by atoms with Crippen LogP contribution in [0.2, 0.25) is 5.02 Å². The average molecular weight is 254 g/mol. The first kappa shape index (κ1) is 12.7. The minimum absolute atomic E-state index is 0.789. The normalized spacial score (nSPS) is 14.9. The van der Waals surface area contributed by atoms with Crippen molar-refractivity contribution < 1.29 is 4.74 Å². The molecular weight excluding hydrogens is 234 g/mol. The molecule has 1 aromatic carbocycles. The van der Waals surface area contributed by atoms with Crippen molar-refractivity contribution in [2.24, 2.45) is 0 Å². The number of aryl methyl sites for hydroxylation is 1. The average Bonchev–Trinajstić information content (AvgIpc) is 3.13. The molecule has 17 heavy (non-hydrogen) atoms. The molecule has 1 saturated carbocycles. The number of nitrogens with one attached hydrogen (secondary N) is 1. The Morgan fingerprint density at radius 1 is 1.35 bits per heavy atom. The number of rotatable bonds is 7. The molecule has 0 aromatic heterocycles. The summed E-state index contributed by atoms with van der Waals surface area (Å²) in [5.74, 6) is 0.949. The van der Waals surface area contributed by atoms with Crippen molar-refractivity contribution in [2.75, 3.05) is 13.7 Å². The van der Waals surface area contributed by atoms with Gasteiger partial charge in [0.15, 0.2) is 0 Å². The lowest BCUT2D eigenvalue weighted by molar-refractivity contribution is 0.409. The third-order valence-electron chi connectivity index (χ3n) is 3.13. The number of hydrogen-bond donors (Lipinski definition) is 1. The smallest absolute Gasteiger partial charge is 0.122 e. The van der Waals surface area contributed by atoms with Gasteiger partial charge >= 0.3 is 0 Å². The van der Waals surface area contributed by atoms with Crippen molar-refractivity contribution in [3.63, 3.8) is 0 Å². The molecule has 0 bridgehead atoms. The second-order valence-corrected chi connectivity index (χ2v) is 5.08. The van der Waals surface area contributed by atoms with E-state index in [1.165, 1.54) is 31.2 Å². The molecule has 1 N–H and O–H groups in total. The van der Waals surface area contributed by atoms with E-state index in [-0.39, 0.29) is 0 Å². The van der Waals surface area contributed by atoms with Crippen LogP contribution in [0, 0.1) is 0 Å². The van der Waals surface area contributed by atoms with Crippen LogP contribution in [-0.2, 0) is 6.42 Å². The Labute approximate surface area is 108 Å². The fraction of sp³-hybridized carbons (Fsp3) is 0.571. The van der Waals surface area contributed by atoms with Crippen LogP contribution in [0.4, 0.5) is 0 Å². The monoisotopic (exact) mass is 253 g/mol. The molecule has 1 aromatic rings.